The van der Waals surface area contributed by atoms with Crippen LogP contribution in [0.5, 0.6) is 0 Å². The van der Waals surface area contributed by atoms with Crippen molar-refractivity contribution < 1.29 is 9.32 Å². The van der Waals surface area contributed by atoms with Crippen molar-refractivity contribution in [2.45, 2.75) is 20.4 Å². The second-order valence-electron chi connectivity index (χ2n) is 5.43. The average molecular weight is 342 g/mol. The minimum absolute atomic E-state index is 0.257. The van der Waals surface area contributed by atoms with Crippen molar-refractivity contribution in [3.05, 3.63) is 70.1 Å². The van der Waals surface area contributed by atoms with E-state index in [9.17, 15) is 4.79 Å². The van der Waals surface area contributed by atoms with Crippen LogP contribution in [0, 0.1) is 13.8 Å². The largest absolute Gasteiger partial charge is 0.355 e. The number of nitrogens with one attached hydrogen (secondary N) is 1. The summed E-state index contributed by atoms with van der Waals surface area (Å²) >= 11 is 6.21. The first kappa shape index (κ1) is 16.2. The third kappa shape index (κ3) is 3.16. The molecule has 0 spiro atoms. The zero-order valence-electron chi connectivity index (χ0n) is 13.3. The zero-order chi connectivity index (χ0) is 17.1. The molecule has 0 saturated heterocycles. The predicted molar refractivity (Wildman–Crippen MR) is 91.8 cm³/mol. The quantitative estimate of drug-likeness (QED) is 0.780. The molecule has 24 heavy (non-hydrogen) atoms. The Balaban J connectivity index is 1.85. The molecule has 1 amide bonds. The van der Waals surface area contributed by atoms with Gasteiger partial charge in [-0.15, -0.1) is 0 Å². The first-order valence-corrected chi connectivity index (χ1v) is 7.84. The lowest BCUT2D eigenvalue weighted by molar-refractivity contribution is 0.0950. The Labute approximate surface area is 144 Å². The first-order valence-electron chi connectivity index (χ1n) is 7.46. The fraction of sp³-hybridized carbons (Fsp3) is 0.167. The summed E-state index contributed by atoms with van der Waals surface area (Å²) in [6.07, 6.45) is 3.29. The molecular formula is C18H16ClN3O2. The van der Waals surface area contributed by atoms with E-state index in [4.69, 9.17) is 16.1 Å². The molecule has 6 heteroatoms. The molecule has 3 rings (SSSR count). The summed E-state index contributed by atoms with van der Waals surface area (Å²) in [6.45, 7) is 4.03. The topological polar surface area (TPSA) is 68.0 Å². The van der Waals surface area contributed by atoms with Gasteiger partial charge in [0, 0.05) is 29.5 Å². The van der Waals surface area contributed by atoms with E-state index in [1.165, 1.54) is 0 Å². The third-order valence-electron chi connectivity index (χ3n) is 3.79. The molecule has 0 aliphatic heterocycles. The molecule has 0 atom stereocenters. The molecule has 0 saturated carbocycles. The number of aromatic nitrogens is 2. The van der Waals surface area contributed by atoms with Crippen molar-refractivity contribution in [2.24, 2.45) is 0 Å². The number of nitrogens with zero attached hydrogens (tertiary/aromatic N) is 2. The maximum atomic E-state index is 12.6. The second kappa shape index (κ2) is 6.84. The number of aryl methyl sites for hydroxylation is 2. The molecule has 1 aromatic carbocycles. The van der Waals surface area contributed by atoms with Crippen LogP contribution in [0.25, 0.3) is 11.3 Å². The summed E-state index contributed by atoms with van der Waals surface area (Å²) in [5, 5.41) is 7.43. The van der Waals surface area contributed by atoms with Crippen molar-refractivity contribution in [3.8, 4) is 11.3 Å². The number of carbonyl (C=O) groups excluding carboxylic acids is 1. The van der Waals surface area contributed by atoms with Crippen LogP contribution in [0.15, 0.2) is 47.2 Å². The van der Waals surface area contributed by atoms with Gasteiger partial charge in [-0.25, -0.2) is 0 Å². The number of halogens is 1. The van der Waals surface area contributed by atoms with E-state index in [-0.39, 0.29) is 5.91 Å². The minimum atomic E-state index is -0.257. The lowest BCUT2D eigenvalue weighted by Gasteiger charge is -2.10. The Kier molecular flexibility index (Phi) is 4.62. The maximum absolute atomic E-state index is 12.6. The minimum Gasteiger partial charge on any atom is -0.355 e. The molecule has 0 fully saturated rings. The van der Waals surface area contributed by atoms with E-state index in [0.717, 1.165) is 11.1 Å². The van der Waals surface area contributed by atoms with E-state index in [1.807, 2.05) is 31.2 Å². The standard InChI is InChI=1S/C18H16ClN3O2/c1-11-5-3-7-15(19)14(11)10-21-18(23)16-12(2)22-24-17(16)13-6-4-8-20-9-13/h3-9H,10H2,1-2H3,(H,21,23). The first-order chi connectivity index (χ1) is 11.6. The van der Waals surface area contributed by atoms with Crippen LogP contribution < -0.4 is 5.32 Å². The maximum Gasteiger partial charge on any atom is 0.257 e. The number of carbonyl (C=O) groups is 1. The summed E-state index contributed by atoms with van der Waals surface area (Å²) in [6, 6.07) is 9.25. The summed E-state index contributed by atoms with van der Waals surface area (Å²) in [4.78, 5) is 16.7. The van der Waals surface area contributed by atoms with Crippen LogP contribution >= 0.6 is 11.6 Å². The van der Waals surface area contributed by atoms with E-state index in [1.54, 1.807) is 25.4 Å². The van der Waals surface area contributed by atoms with Crippen molar-refractivity contribution in [1.82, 2.24) is 15.5 Å². The van der Waals surface area contributed by atoms with Crippen LogP contribution in [0.3, 0.4) is 0 Å². The van der Waals surface area contributed by atoms with Gasteiger partial charge in [-0.3, -0.25) is 9.78 Å². The van der Waals surface area contributed by atoms with Crippen molar-refractivity contribution >= 4 is 17.5 Å². The molecule has 0 unspecified atom stereocenters. The van der Waals surface area contributed by atoms with Gasteiger partial charge >= 0.3 is 0 Å². The highest BCUT2D eigenvalue weighted by atomic mass is 35.5. The molecule has 0 bridgehead atoms. The van der Waals surface area contributed by atoms with Gasteiger partial charge in [0.05, 0.1) is 5.69 Å². The van der Waals surface area contributed by atoms with Gasteiger partial charge in [0.2, 0.25) is 0 Å². The molecule has 0 aliphatic carbocycles. The van der Waals surface area contributed by atoms with Crippen LogP contribution in [-0.2, 0) is 6.54 Å². The van der Waals surface area contributed by atoms with Gasteiger partial charge in [-0.1, -0.05) is 28.9 Å². The normalized spacial score (nSPS) is 10.6. The SMILES string of the molecule is Cc1cccc(Cl)c1CNC(=O)c1c(C)noc1-c1cccnc1. The Morgan fingerprint density at radius 3 is 2.79 bits per heavy atom. The number of amides is 1. The monoisotopic (exact) mass is 341 g/mol. The van der Waals surface area contributed by atoms with Crippen molar-refractivity contribution in [1.29, 1.82) is 0 Å². The number of pyridine rings is 1. The molecule has 1 N–H and O–H groups in total. The summed E-state index contributed by atoms with van der Waals surface area (Å²) in [5.41, 5.74) is 3.56. The Morgan fingerprint density at radius 1 is 1.25 bits per heavy atom. The number of hydrogen-bond acceptors (Lipinski definition) is 4. The van der Waals surface area contributed by atoms with Gasteiger partial charge in [-0.2, -0.15) is 0 Å². The highest BCUT2D eigenvalue weighted by Crippen LogP contribution is 2.26. The van der Waals surface area contributed by atoms with E-state index in [0.29, 0.717) is 34.1 Å². The van der Waals surface area contributed by atoms with Crippen LogP contribution in [0.4, 0.5) is 0 Å². The molecule has 2 aromatic heterocycles. The number of hydrogen-bond donors (Lipinski definition) is 1. The molecule has 0 aliphatic rings. The molecule has 0 radical (unpaired) electrons. The van der Waals surface area contributed by atoms with Gasteiger partial charge in [0.15, 0.2) is 5.76 Å². The van der Waals surface area contributed by atoms with Gasteiger partial charge in [0.1, 0.15) is 5.56 Å². The average Bonchev–Trinajstić information content (AvgIpc) is 2.97. The Morgan fingerprint density at radius 2 is 2.08 bits per heavy atom. The summed E-state index contributed by atoms with van der Waals surface area (Å²) < 4.78 is 5.33. The van der Waals surface area contributed by atoms with Crippen molar-refractivity contribution in [2.75, 3.05) is 0 Å². The van der Waals surface area contributed by atoms with Gasteiger partial charge in [0.25, 0.3) is 5.91 Å². The highest BCUT2D eigenvalue weighted by molar-refractivity contribution is 6.31. The van der Waals surface area contributed by atoms with Gasteiger partial charge < -0.3 is 9.84 Å². The van der Waals surface area contributed by atoms with E-state index >= 15 is 0 Å². The van der Waals surface area contributed by atoms with Crippen LogP contribution in [0.2, 0.25) is 5.02 Å². The lowest BCUT2D eigenvalue weighted by atomic mass is 10.1. The highest BCUT2D eigenvalue weighted by Gasteiger charge is 2.22. The lowest BCUT2D eigenvalue weighted by Crippen LogP contribution is -2.24. The summed E-state index contributed by atoms with van der Waals surface area (Å²) in [5.74, 6) is 0.154. The Bertz CT molecular complexity index is 855. The molecule has 122 valence electrons. The number of benzene rings is 1. The van der Waals surface area contributed by atoms with Crippen molar-refractivity contribution in [3.63, 3.8) is 0 Å². The molecule has 3 aromatic rings. The number of rotatable bonds is 4. The Hall–Kier alpha value is -2.66. The van der Waals surface area contributed by atoms with E-state index < -0.39 is 0 Å². The second-order valence-corrected chi connectivity index (χ2v) is 5.84. The third-order valence-corrected chi connectivity index (χ3v) is 4.15. The fourth-order valence-electron chi connectivity index (χ4n) is 2.48. The zero-order valence-corrected chi connectivity index (χ0v) is 14.1. The van der Waals surface area contributed by atoms with Gasteiger partial charge in [-0.05, 0) is 43.2 Å². The molecule has 2 heterocycles. The summed E-state index contributed by atoms with van der Waals surface area (Å²) in [7, 11) is 0. The van der Waals surface area contributed by atoms with Crippen LogP contribution in [-0.4, -0.2) is 16.0 Å². The fourth-order valence-corrected chi connectivity index (χ4v) is 2.77. The molecule has 5 nitrogen and oxygen atoms in total. The van der Waals surface area contributed by atoms with Crippen LogP contribution in [0.1, 0.15) is 27.2 Å². The molecular weight excluding hydrogens is 326 g/mol. The van der Waals surface area contributed by atoms with E-state index in [2.05, 4.69) is 15.5 Å². The predicted octanol–water partition coefficient (Wildman–Crippen LogP) is 3.94. The smallest absolute Gasteiger partial charge is 0.257 e.